The summed E-state index contributed by atoms with van der Waals surface area (Å²) >= 11 is 0. The first-order chi connectivity index (χ1) is 8.46. The smallest absolute Gasteiger partial charge is 0.223 e. The van der Waals surface area contributed by atoms with Crippen LogP contribution in [0.15, 0.2) is 24.5 Å². The Kier molecular flexibility index (Phi) is 3.69. The lowest BCUT2D eigenvalue weighted by molar-refractivity contribution is -0.134. The molecule has 0 bridgehead atoms. The number of carbonyl (C=O) groups excluding carboxylic acids is 1. The van der Waals surface area contributed by atoms with Gasteiger partial charge in [0.25, 0.3) is 0 Å². The van der Waals surface area contributed by atoms with Crippen LogP contribution in [0, 0.1) is 5.41 Å². The number of pyridine rings is 1. The van der Waals surface area contributed by atoms with Gasteiger partial charge in [-0.15, -0.1) is 0 Å². The van der Waals surface area contributed by atoms with E-state index in [2.05, 4.69) is 25.8 Å². The molecule has 0 spiro atoms. The van der Waals surface area contributed by atoms with Crippen molar-refractivity contribution in [1.29, 1.82) is 0 Å². The minimum Gasteiger partial charge on any atom is -0.335 e. The van der Waals surface area contributed by atoms with Gasteiger partial charge in [0.15, 0.2) is 0 Å². The van der Waals surface area contributed by atoms with Gasteiger partial charge in [-0.25, -0.2) is 0 Å². The number of carbonyl (C=O) groups is 1. The van der Waals surface area contributed by atoms with Gasteiger partial charge in [0.2, 0.25) is 5.91 Å². The molecule has 98 valence electrons. The highest BCUT2D eigenvalue weighted by Gasteiger charge is 2.33. The number of aromatic nitrogens is 1. The van der Waals surface area contributed by atoms with Crippen molar-refractivity contribution in [3.8, 4) is 0 Å². The maximum absolute atomic E-state index is 12.4. The molecule has 3 nitrogen and oxygen atoms in total. The Hall–Kier alpha value is -1.38. The Labute approximate surface area is 109 Å². The van der Waals surface area contributed by atoms with E-state index in [0.29, 0.717) is 19.0 Å². The van der Waals surface area contributed by atoms with E-state index in [9.17, 15) is 4.79 Å². The summed E-state index contributed by atoms with van der Waals surface area (Å²) in [6, 6.07) is 4.42. The third kappa shape index (κ3) is 3.83. The molecule has 0 N–H and O–H groups in total. The maximum Gasteiger partial charge on any atom is 0.223 e. The fourth-order valence-corrected chi connectivity index (χ4v) is 2.05. The van der Waals surface area contributed by atoms with Crippen LogP contribution in [0.1, 0.15) is 45.6 Å². The monoisotopic (exact) mass is 246 g/mol. The van der Waals surface area contributed by atoms with Crippen LogP contribution in [0.2, 0.25) is 0 Å². The van der Waals surface area contributed by atoms with Gasteiger partial charge in [0.1, 0.15) is 0 Å². The molecule has 1 aromatic rings. The van der Waals surface area contributed by atoms with E-state index in [1.165, 1.54) is 0 Å². The summed E-state index contributed by atoms with van der Waals surface area (Å²) in [5.74, 6) is 0.272. The molecule has 1 amide bonds. The molecule has 0 aromatic carbocycles. The molecule has 1 aromatic heterocycles. The molecule has 1 aliphatic carbocycles. The Morgan fingerprint density at radius 2 is 2.17 bits per heavy atom. The van der Waals surface area contributed by atoms with E-state index >= 15 is 0 Å². The largest absolute Gasteiger partial charge is 0.335 e. The van der Waals surface area contributed by atoms with E-state index < -0.39 is 0 Å². The summed E-state index contributed by atoms with van der Waals surface area (Å²) in [6.45, 7) is 7.04. The molecule has 1 heterocycles. The molecule has 1 saturated carbocycles. The molecular formula is C15H22N2O. The Bertz CT molecular complexity index is 404. The van der Waals surface area contributed by atoms with Crippen molar-refractivity contribution in [1.82, 2.24) is 9.88 Å². The summed E-state index contributed by atoms with van der Waals surface area (Å²) in [5.41, 5.74) is 1.17. The molecule has 2 rings (SSSR count). The summed E-state index contributed by atoms with van der Waals surface area (Å²) in [6.07, 6.45) is 6.53. The molecule has 0 unspecified atom stereocenters. The third-order valence-corrected chi connectivity index (χ3v) is 3.07. The molecule has 1 fully saturated rings. The first kappa shape index (κ1) is 13.1. The van der Waals surface area contributed by atoms with Gasteiger partial charge in [0.05, 0.1) is 0 Å². The van der Waals surface area contributed by atoms with Crippen molar-refractivity contribution < 1.29 is 4.79 Å². The zero-order chi connectivity index (χ0) is 13.2. The Morgan fingerprint density at radius 1 is 1.44 bits per heavy atom. The van der Waals surface area contributed by atoms with E-state index in [-0.39, 0.29) is 11.3 Å². The highest BCUT2D eigenvalue weighted by atomic mass is 16.2. The van der Waals surface area contributed by atoms with Crippen LogP contribution < -0.4 is 0 Å². The fraction of sp³-hybridized carbons (Fsp3) is 0.600. The van der Waals surface area contributed by atoms with E-state index in [1.54, 1.807) is 6.20 Å². The SMILES string of the molecule is CC(C)(C)CC(=O)N(Cc1cccnc1)C1CC1. The summed E-state index contributed by atoms with van der Waals surface area (Å²) in [7, 11) is 0. The standard InChI is InChI=1S/C15H22N2O/c1-15(2,3)9-14(18)17(13-6-7-13)11-12-5-4-8-16-10-12/h4-5,8,10,13H,6-7,9,11H2,1-3H3. The van der Waals surface area contributed by atoms with Gasteiger partial charge >= 0.3 is 0 Å². The Balaban J connectivity index is 2.02. The molecule has 1 aliphatic rings. The van der Waals surface area contributed by atoms with Crippen LogP contribution in [0.4, 0.5) is 0 Å². The van der Waals surface area contributed by atoms with E-state index in [0.717, 1.165) is 18.4 Å². The number of amides is 1. The maximum atomic E-state index is 12.4. The molecule has 0 saturated heterocycles. The van der Waals surface area contributed by atoms with Gasteiger partial charge in [-0.2, -0.15) is 0 Å². The van der Waals surface area contributed by atoms with Crippen molar-refractivity contribution in [3.05, 3.63) is 30.1 Å². The second kappa shape index (κ2) is 5.09. The van der Waals surface area contributed by atoms with Crippen LogP contribution >= 0.6 is 0 Å². The second-order valence-electron chi connectivity index (χ2n) is 6.35. The first-order valence-corrected chi connectivity index (χ1v) is 6.64. The van der Waals surface area contributed by atoms with Crippen molar-refractivity contribution in [2.75, 3.05) is 0 Å². The van der Waals surface area contributed by atoms with Crippen molar-refractivity contribution in [2.45, 2.75) is 52.6 Å². The van der Waals surface area contributed by atoms with Crippen molar-refractivity contribution >= 4 is 5.91 Å². The van der Waals surface area contributed by atoms with Crippen LogP contribution in [0.5, 0.6) is 0 Å². The zero-order valence-electron chi connectivity index (χ0n) is 11.5. The zero-order valence-corrected chi connectivity index (χ0v) is 11.5. The molecule has 0 radical (unpaired) electrons. The predicted molar refractivity (Wildman–Crippen MR) is 71.9 cm³/mol. The van der Waals surface area contributed by atoms with Gasteiger partial charge in [-0.1, -0.05) is 26.8 Å². The number of hydrogen-bond acceptors (Lipinski definition) is 2. The van der Waals surface area contributed by atoms with Gasteiger partial charge < -0.3 is 4.90 Å². The van der Waals surface area contributed by atoms with Gasteiger partial charge in [0, 0.05) is 31.4 Å². The lowest BCUT2D eigenvalue weighted by Crippen LogP contribution is -2.34. The quantitative estimate of drug-likeness (QED) is 0.818. The average molecular weight is 246 g/mol. The Morgan fingerprint density at radius 3 is 2.67 bits per heavy atom. The molecule has 0 aliphatic heterocycles. The van der Waals surface area contributed by atoms with E-state index in [4.69, 9.17) is 0 Å². The predicted octanol–water partition coefficient (Wildman–Crippen LogP) is 3.01. The van der Waals surface area contributed by atoms with Crippen LogP contribution in [0.3, 0.4) is 0 Å². The average Bonchev–Trinajstić information content (AvgIpc) is 3.08. The number of nitrogens with zero attached hydrogens (tertiary/aromatic N) is 2. The highest BCUT2D eigenvalue weighted by molar-refractivity contribution is 5.77. The molecular weight excluding hydrogens is 224 g/mol. The fourth-order valence-electron chi connectivity index (χ4n) is 2.05. The normalized spacial score (nSPS) is 15.5. The minimum absolute atomic E-state index is 0.0547. The molecule has 3 heteroatoms. The lowest BCUT2D eigenvalue weighted by Gasteiger charge is -2.26. The summed E-state index contributed by atoms with van der Waals surface area (Å²) < 4.78 is 0. The third-order valence-electron chi connectivity index (χ3n) is 3.07. The summed E-state index contributed by atoms with van der Waals surface area (Å²) in [5, 5.41) is 0. The van der Waals surface area contributed by atoms with Crippen LogP contribution in [-0.2, 0) is 11.3 Å². The number of rotatable bonds is 4. The van der Waals surface area contributed by atoms with Gasteiger partial charge in [-0.05, 0) is 29.9 Å². The lowest BCUT2D eigenvalue weighted by atomic mass is 9.91. The summed E-state index contributed by atoms with van der Waals surface area (Å²) in [4.78, 5) is 18.5. The molecule has 0 atom stereocenters. The van der Waals surface area contributed by atoms with Gasteiger partial charge in [-0.3, -0.25) is 9.78 Å². The molecule has 18 heavy (non-hydrogen) atoms. The highest BCUT2D eigenvalue weighted by Crippen LogP contribution is 2.31. The van der Waals surface area contributed by atoms with Crippen molar-refractivity contribution in [3.63, 3.8) is 0 Å². The van der Waals surface area contributed by atoms with E-state index in [1.807, 2.05) is 23.2 Å². The minimum atomic E-state index is 0.0547. The van der Waals surface area contributed by atoms with Crippen LogP contribution in [0.25, 0.3) is 0 Å². The second-order valence-corrected chi connectivity index (χ2v) is 6.35. The van der Waals surface area contributed by atoms with Crippen molar-refractivity contribution in [2.24, 2.45) is 5.41 Å². The number of hydrogen-bond donors (Lipinski definition) is 0. The topological polar surface area (TPSA) is 33.2 Å². The van der Waals surface area contributed by atoms with Crippen LogP contribution in [-0.4, -0.2) is 21.8 Å². The first-order valence-electron chi connectivity index (χ1n) is 6.64.